The molecule has 0 saturated heterocycles. The van der Waals surface area contributed by atoms with Crippen LogP contribution in [0.15, 0.2) is 68.1 Å². The van der Waals surface area contributed by atoms with Crippen LogP contribution in [0.5, 0.6) is 0 Å². The van der Waals surface area contributed by atoms with Gasteiger partial charge in [-0.25, -0.2) is 0 Å². The average molecular weight is 340 g/mol. The fourth-order valence-electron chi connectivity index (χ4n) is 2.43. The molecule has 0 atom stereocenters. The first kappa shape index (κ1) is 16.3. The molecule has 2 aromatic carbocycles. The van der Waals surface area contributed by atoms with Crippen LogP contribution in [0.25, 0.3) is 0 Å². The Balaban J connectivity index is 1.91. The first-order valence-electron chi connectivity index (χ1n) is 7.71. The lowest BCUT2D eigenvalue weighted by atomic mass is 10.2. The van der Waals surface area contributed by atoms with E-state index in [1.807, 2.05) is 23.5 Å². The molecule has 0 bridgehead atoms. The molecule has 0 spiro atoms. The number of aryl methyl sites for hydroxylation is 4. The Bertz CT molecular complexity index is 731. The summed E-state index contributed by atoms with van der Waals surface area (Å²) < 4.78 is 0. The van der Waals surface area contributed by atoms with Gasteiger partial charge in [-0.05, 0) is 52.0 Å². The fourth-order valence-corrected chi connectivity index (χ4v) is 4.60. The average Bonchev–Trinajstić information content (AvgIpc) is 2.78. The van der Waals surface area contributed by atoms with Gasteiger partial charge in [0.05, 0.1) is 0 Å². The van der Waals surface area contributed by atoms with E-state index >= 15 is 0 Å². The van der Waals surface area contributed by atoms with Gasteiger partial charge in [0, 0.05) is 31.0 Å². The number of rotatable bonds is 4. The van der Waals surface area contributed by atoms with Crippen LogP contribution in [0.4, 0.5) is 0 Å². The van der Waals surface area contributed by atoms with Crippen molar-refractivity contribution >= 4 is 23.5 Å². The highest BCUT2D eigenvalue weighted by Crippen LogP contribution is 2.42. The largest absolute Gasteiger partial charge is 0.361 e. The molecule has 0 saturated carbocycles. The minimum atomic E-state index is 1.24. The minimum absolute atomic E-state index is 1.24. The molecule has 1 nitrogen and oxygen atoms in total. The van der Waals surface area contributed by atoms with Crippen LogP contribution in [0.1, 0.15) is 22.5 Å². The van der Waals surface area contributed by atoms with Gasteiger partial charge in [0.25, 0.3) is 0 Å². The van der Waals surface area contributed by atoms with E-state index in [4.69, 9.17) is 0 Å². The van der Waals surface area contributed by atoms with Crippen molar-refractivity contribution < 1.29 is 0 Å². The highest BCUT2D eigenvalue weighted by Gasteiger charge is 2.15. The first-order valence-corrected chi connectivity index (χ1v) is 9.34. The number of aromatic nitrogens is 1. The summed E-state index contributed by atoms with van der Waals surface area (Å²) in [6.07, 6.45) is 0. The van der Waals surface area contributed by atoms with Crippen LogP contribution in [-0.4, -0.2) is 4.98 Å². The van der Waals surface area contributed by atoms with Crippen molar-refractivity contribution in [3.8, 4) is 0 Å². The normalized spacial score (nSPS) is 11.0. The third-order valence-electron chi connectivity index (χ3n) is 3.74. The molecule has 0 aliphatic carbocycles. The molecular weight excluding hydrogens is 318 g/mol. The number of hydrogen-bond acceptors (Lipinski definition) is 2. The summed E-state index contributed by atoms with van der Waals surface area (Å²) in [5, 5.41) is 0. The predicted octanol–water partition coefficient (Wildman–Crippen LogP) is 6.55. The molecule has 118 valence electrons. The molecule has 0 amide bonds. The van der Waals surface area contributed by atoms with Gasteiger partial charge in [0.15, 0.2) is 0 Å². The van der Waals surface area contributed by atoms with Gasteiger partial charge in [0.1, 0.15) is 0 Å². The van der Waals surface area contributed by atoms with E-state index in [2.05, 4.69) is 81.2 Å². The first-order chi connectivity index (χ1) is 11.0. The highest BCUT2D eigenvalue weighted by molar-refractivity contribution is 8.02. The number of benzene rings is 2. The molecule has 1 N–H and O–H groups in total. The van der Waals surface area contributed by atoms with Gasteiger partial charge in [-0.15, -0.1) is 0 Å². The smallest absolute Gasteiger partial charge is 0.0469 e. The van der Waals surface area contributed by atoms with Crippen LogP contribution in [-0.2, 0) is 0 Å². The summed E-state index contributed by atoms with van der Waals surface area (Å²) in [6, 6.07) is 17.5. The van der Waals surface area contributed by atoms with Crippen molar-refractivity contribution in [2.24, 2.45) is 0 Å². The van der Waals surface area contributed by atoms with Crippen molar-refractivity contribution in [1.82, 2.24) is 4.98 Å². The fraction of sp³-hybridized carbons (Fsp3) is 0.200. The van der Waals surface area contributed by atoms with Gasteiger partial charge in [-0.3, -0.25) is 0 Å². The van der Waals surface area contributed by atoms with E-state index in [0.717, 1.165) is 0 Å². The van der Waals surface area contributed by atoms with Crippen LogP contribution in [0.2, 0.25) is 0 Å². The van der Waals surface area contributed by atoms with Crippen molar-refractivity contribution in [3.63, 3.8) is 0 Å². The highest BCUT2D eigenvalue weighted by atomic mass is 32.2. The molecule has 3 rings (SSSR count). The van der Waals surface area contributed by atoms with Gasteiger partial charge in [-0.2, -0.15) is 0 Å². The molecule has 0 aliphatic heterocycles. The standard InChI is InChI=1S/C20H21NS2/c1-13-5-9-17(10-6-13)22-19-15(3)21-16(4)20(19)23-18-11-7-14(2)8-12-18/h5-12,21H,1-4H3. The van der Waals surface area contributed by atoms with E-state index in [1.165, 1.54) is 42.1 Å². The lowest BCUT2D eigenvalue weighted by molar-refractivity contribution is 1.16. The third-order valence-corrected chi connectivity index (χ3v) is 6.32. The number of H-pyrrole nitrogens is 1. The predicted molar refractivity (Wildman–Crippen MR) is 101 cm³/mol. The Morgan fingerprint density at radius 3 is 1.26 bits per heavy atom. The Morgan fingerprint density at radius 2 is 0.913 bits per heavy atom. The summed E-state index contributed by atoms with van der Waals surface area (Å²) in [6.45, 7) is 8.56. The topological polar surface area (TPSA) is 15.8 Å². The van der Waals surface area contributed by atoms with Crippen molar-refractivity contribution in [3.05, 3.63) is 71.0 Å². The van der Waals surface area contributed by atoms with Crippen LogP contribution in [0.3, 0.4) is 0 Å². The molecule has 3 heteroatoms. The molecule has 1 heterocycles. The summed E-state index contributed by atoms with van der Waals surface area (Å²) in [5.41, 5.74) is 5.07. The third kappa shape index (κ3) is 3.85. The van der Waals surface area contributed by atoms with Gasteiger partial charge in [0.2, 0.25) is 0 Å². The lowest BCUT2D eigenvalue weighted by Gasteiger charge is -2.07. The monoisotopic (exact) mass is 339 g/mol. The second-order valence-electron chi connectivity index (χ2n) is 5.86. The summed E-state index contributed by atoms with van der Waals surface area (Å²) in [4.78, 5) is 8.72. The van der Waals surface area contributed by atoms with Crippen LogP contribution in [0, 0.1) is 27.7 Å². The lowest BCUT2D eigenvalue weighted by Crippen LogP contribution is -1.80. The quantitative estimate of drug-likeness (QED) is 0.580. The number of nitrogens with one attached hydrogen (secondary N) is 1. The zero-order valence-corrected chi connectivity index (χ0v) is 15.6. The van der Waals surface area contributed by atoms with Crippen molar-refractivity contribution in [2.45, 2.75) is 47.3 Å². The maximum absolute atomic E-state index is 3.50. The molecule has 0 unspecified atom stereocenters. The zero-order valence-electron chi connectivity index (χ0n) is 13.9. The zero-order chi connectivity index (χ0) is 16.4. The second-order valence-corrected chi connectivity index (χ2v) is 8.03. The van der Waals surface area contributed by atoms with Crippen molar-refractivity contribution in [2.75, 3.05) is 0 Å². The van der Waals surface area contributed by atoms with E-state index in [0.29, 0.717) is 0 Å². The van der Waals surface area contributed by atoms with E-state index in [-0.39, 0.29) is 0 Å². The Kier molecular flexibility index (Phi) is 4.88. The summed E-state index contributed by atoms with van der Waals surface area (Å²) in [5.74, 6) is 0. The van der Waals surface area contributed by atoms with Gasteiger partial charge in [-0.1, -0.05) is 58.9 Å². The van der Waals surface area contributed by atoms with E-state index in [1.54, 1.807) is 0 Å². The molecule has 3 aromatic rings. The molecule has 23 heavy (non-hydrogen) atoms. The number of hydrogen-bond donors (Lipinski definition) is 1. The molecule has 0 aliphatic rings. The molecule has 1 aromatic heterocycles. The minimum Gasteiger partial charge on any atom is -0.361 e. The van der Waals surface area contributed by atoms with Gasteiger partial charge >= 0.3 is 0 Å². The molecular formula is C20H21NS2. The Hall–Kier alpha value is -1.58. The maximum atomic E-state index is 3.50. The summed E-state index contributed by atoms with van der Waals surface area (Å²) >= 11 is 3.68. The van der Waals surface area contributed by atoms with E-state index < -0.39 is 0 Å². The van der Waals surface area contributed by atoms with E-state index in [9.17, 15) is 0 Å². The SMILES string of the molecule is Cc1ccc(Sc2c(C)[nH]c(C)c2Sc2ccc(C)cc2)cc1. The van der Waals surface area contributed by atoms with Crippen LogP contribution >= 0.6 is 23.5 Å². The van der Waals surface area contributed by atoms with Crippen molar-refractivity contribution in [1.29, 1.82) is 0 Å². The Labute approximate surface area is 146 Å². The summed E-state index contributed by atoms with van der Waals surface area (Å²) in [7, 11) is 0. The Morgan fingerprint density at radius 1 is 0.565 bits per heavy atom. The maximum Gasteiger partial charge on any atom is 0.0469 e. The van der Waals surface area contributed by atoms with Crippen LogP contribution < -0.4 is 0 Å². The molecule has 0 fully saturated rings. The molecule has 0 radical (unpaired) electrons. The number of aromatic amines is 1. The second kappa shape index (κ2) is 6.90. The van der Waals surface area contributed by atoms with Gasteiger partial charge < -0.3 is 4.98 Å².